The molecule has 1 aliphatic carbocycles. The van der Waals surface area contributed by atoms with Crippen molar-refractivity contribution in [2.45, 2.75) is 23.6 Å². The number of hydrogen-bond donors (Lipinski definition) is 2. The van der Waals surface area contributed by atoms with Crippen LogP contribution in [0.3, 0.4) is 0 Å². The Morgan fingerprint density at radius 3 is 2.82 bits per heavy atom. The molecule has 2 N–H and O–H groups in total. The van der Waals surface area contributed by atoms with Crippen LogP contribution in [0.2, 0.25) is 0 Å². The highest BCUT2D eigenvalue weighted by molar-refractivity contribution is 8.00. The van der Waals surface area contributed by atoms with Crippen LogP contribution in [-0.2, 0) is 4.79 Å². The zero-order valence-corrected chi connectivity index (χ0v) is 11.3. The van der Waals surface area contributed by atoms with Gasteiger partial charge in [0.2, 0.25) is 0 Å². The molecule has 17 heavy (non-hydrogen) atoms. The summed E-state index contributed by atoms with van der Waals surface area (Å²) in [6.45, 7) is 0.639. The first kappa shape index (κ1) is 12.9. The van der Waals surface area contributed by atoms with Crippen LogP contribution < -0.4 is 5.32 Å². The molecule has 2 fully saturated rings. The molecule has 0 aromatic rings. The number of thioether (sulfide) groups is 2. The molecule has 1 saturated heterocycles. The van der Waals surface area contributed by atoms with E-state index >= 15 is 0 Å². The Bertz CT molecular complexity index is 334. The van der Waals surface area contributed by atoms with Crippen molar-refractivity contribution in [2.75, 3.05) is 24.4 Å². The SMILES string of the molecule is CSC1(CNC(=O)N2CSCC2C(=O)O)CC1. The molecule has 5 nitrogen and oxygen atoms in total. The third-order valence-corrected chi connectivity index (χ3v) is 5.66. The van der Waals surface area contributed by atoms with Crippen LogP contribution in [0, 0.1) is 0 Å². The third-order valence-electron chi connectivity index (χ3n) is 3.23. The smallest absolute Gasteiger partial charge is 0.327 e. The van der Waals surface area contributed by atoms with Gasteiger partial charge in [-0.05, 0) is 19.1 Å². The molecule has 96 valence electrons. The van der Waals surface area contributed by atoms with E-state index in [0.29, 0.717) is 18.2 Å². The number of nitrogens with one attached hydrogen (secondary N) is 1. The largest absolute Gasteiger partial charge is 0.480 e. The lowest BCUT2D eigenvalue weighted by atomic mass is 10.3. The van der Waals surface area contributed by atoms with Crippen LogP contribution in [0.25, 0.3) is 0 Å². The number of urea groups is 1. The highest BCUT2D eigenvalue weighted by Crippen LogP contribution is 2.46. The molecule has 1 atom stereocenters. The van der Waals surface area contributed by atoms with Gasteiger partial charge >= 0.3 is 12.0 Å². The Hall–Kier alpha value is -0.560. The van der Waals surface area contributed by atoms with Gasteiger partial charge in [-0.1, -0.05) is 0 Å². The lowest BCUT2D eigenvalue weighted by molar-refractivity contribution is -0.140. The van der Waals surface area contributed by atoms with Crippen molar-refractivity contribution in [3.8, 4) is 0 Å². The first-order valence-corrected chi connectivity index (χ1v) is 7.86. The van der Waals surface area contributed by atoms with Crippen LogP contribution in [-0.4, -0.2) is 57.2 Å². The van der Waals surface area contributed by atoms with Crippen molar-refractivity contribution in [3.63, 3.8) is 0 Å². The quantitative estimate of drug-likeness (QED) is 0.803. The van der Waals surface area contributed by atoms with Gasteiger partial charge in [-0.25, -0.2) is 9.59 Å². The van der Waals surface area contributed by atoms with Gasteiger partial charge in [-0.2, -0.15) is 11.8 Å². The van der Waals surface area contributed by atoms with E-state index in [9.17, 15) is 9.59 Å². The Morgan fingerprint density at radius 2 is 2.29 bits per heavy atom. The highest BCUT2D eigenvalue weighted by Gasteiger charge is 2.43. The van der Waals surface area contributed by atoms with E-state index in [1.165, 1.54) is 16.7 Å². The third kappa shape index (κ3) is 2.82. The summed E-state index contributed by atoms with van der Waals surface area (Å²) < 4.78 is 0.210. The molecule has 0 radical (unpaired) electrons. The van der Waals surface area contributed by atoms with E-state index < -0.39 is 12.0 Å². The molecule has 1 unspecified atom stereocenters. The second-order valence-electron chi connectivity index (χ2n) is 4.37. The monoisotopic (exact) mass is 276 g/mol. The van der Waals surface area contributed by atoms with Gasteiger partial charge in [0, 0.05) is 17.0 Å². The standard InChI is InChI=1S/C10H16N2O3S2/c1-16-10(2-3-10)5-11-9(15)12-6-17-4-7(12)8(13)14/h7H,2-6H2,1H3,(H,11,15)(H,13,14). The van der Waals surface area contributed by atoms with Crippen molar-refractivity contribution in [1.82, 2.24) is 10.2 Å². The second kappa shape index (κ2) is 4.97. The number of nitrogens with zero attached hydrogens (tertiary/aromatic N) is 1. The number of carboxylic acid groups (broad SMARTS) is 1. The molecule has 1 saturated carbocycles. The predicted molar refractivity (Wildman–Crippen MR) is 69.5 cm³/mol. The number of rotatable bonds is 4. The van der Waals surface area contributed by atoms with Crippen LogP contribution in [0.1, 0.15) is 12.8 Å². The zero-order chi connectivity index (χ0) is 12.5. The van der Waals surface area contributed by atoms with Crippen molar-refractivity contribution in [1.29, 1.82) is 0 Å². The lowest BCUT2D eigenvalue weighted by Crippen LogP contribution is -2.48. The Labute approximate surface area is 109 Å². The number of carbonyl (C=O) groups is 2. The van der Waals surface area contributed by atoms with Crippen molar-refractivity contribution in [3.05, 3.63) is 0 Å². The summed E-state index contributed by atoms with van der Waals surface area (Å²) in [5.74, 6) is 0.0297. The number of carbonyl (C=O) groups excluding carboxylic acids is 1. The number of hydrogen-bond acceptors (Lipinski definition) is 4. The molecule has 1 heterocycles. The number of amides is 2. The molecule has 1 aliphatic heterocycles. The molecule has 0 spiro atoms. The van der Waals surface area contributed by atoms with Crippen molar-refractivity contribution < 1.29 is 14.7 Å². The molecule has 2 amide bonds. The second-order valence-corrected chi connectivity index (χ2v) is 6.64. The van der Waals surface area contributed by atoms with Gasteiger partial charge in [0.15, 0.2) is 0 Å². The fourth-order valence-electron chi connectivity index (χ4n) is 1.78. The molecular weight excluding hydrogens is 260 g/mol. The number of aliphatic carboxylic acids is 1. The topological polar surface area (TPSA) is 69.6 Å². The minimum atomic E-state index is -0.920. The first-order chi connectivity index (χ1) is 8.08. The van der Waals surface area contributed by atoms with Gasteiger partial charge in [-0.3, -0.25) is 0 Å². The predicted octanol–water partition coefficient (Wildman–Crippen LogP) is 1.05. The average molecular weight is 276 g/mol. The maximum Gasteiger partial charge on any atom is 0.327 e. The van der Waals surface area contributed by atoms with Gasteiger partial charge in [0.05, 0.1) is 5.88 Å². The molecule has 0 bridgehead atoms. The van der Waals surface area contributed by atoms with E-state index in [2.05, 4.69) is 5.32 Å². The Kier molecular flexibility index (Phi) is 3.77. The summed E-state index contributed by atoms with van der Waals surface area (Å²) in [5.41, 5.74) is 0. The fourth-order valence-corrected chi connectivity index (χ4v) is 3.65. The summed E-state index contributed by atoms with van der Waals surface area (Å²) in [7, 11) is 0. The van der Waals surface area contributed by atoms with Crippen LogP contribution >= 0.6 is 23.5 Å². The summed E-state index contributed by atoms with van der Waals surface area (Å²) >= 11 is 3.26. The van der Waals surface area contributed by atoms with Crippen LogP contribution in [0.4, 0.5) is 4.79 Å². The Balaban J connectivity index is 1.85. The summed E-state index contributed by atoms with van der Waals surface area (Å²) in [4.78, 5) is 24.2. The van der Waals surface area contributed by atoms with E-state index in [4.69, 9.17) is 5.11 Å². The normalized spacial score (nSPS) is 25.7. The summed E-state index contributed by atoms with van der Waals surface area (Å²) in [6.07, 6.45) is 4.31. The first-order valence-electron chi connectivity index (χ1n) is 5.48. The fraction of sp³-hybridized carbons (Fsp3) is 0.800. The molecule has 2 rings (SSSR count). The van der Waals surface area contributed by atoms with Gasteiger partial charge in [0.1, 0.15) is 6.04 Å². The van der Waals surface area contributed by atoms with Gasteiger partial charge in [0.25, 0.3) is 0 Å². The molecule has 7 heteroatoms. The highest BCUT2D eigenvalue weighted by atomic mass is 32.2. The molecule has 0 aromatic carbocycles. The number of carboxylic acids is 1. The zero-order valence-electron chi connectivity index (χ0n) is 9.64. The Morgan fingerprint density at radius 1 is 1.59 bits per heavy atom. The molecule has 0 aromatic heterocycles. The molecule has 2 aliphatic rings. The van der Waals surface area contributed by atoms with Crippen molar-refractivity contribution >= 4 is 35.5 Å². The van der Waals surface area contributed by atoms with Gasteiger partial charge < -0.3 is 15.3 Å². The van der Waals surface area contributed by atoms with Crippen LogP contribution in [0.15, 0.2) is 0 Å². The van der Waals surface area contributed by atoms with Crippen molar-refractivity contribution in [2.24, 2.45) is 0 Å². The minimum absolute atomic E-state index is 0.210. The average Bonchev–Trinajstić information content (AvgIpc) is 2.91. The van der Waals surface area contributed by atoms with E-state index in [0.717, 1.165) is 12.8 Å². The van der Waals surface area contributed by atoms with E-state index in [1.54, 1.807) is 11.8 Å². The lowest BCUT2D eigenvalue weighted by Gasteiger charge is -2.22. The maximum atomic E-state index is 11.9. The maximum absolute atomic E-state index is 11.9. The summed E-state index contributed by atoms with van der Waals surface area (Å²) in [6, 6.07) is -0.924. The van der Waals surface area contributed by atoms with Crippen LogP contribution in [0.5, 0.6) is 0 Å². The van der Waals surface area contributed by atoms with E-state index in [-0.39, 0.29) is 10.8 Å². The van der Waals surface area contributed by atoms with Gasteiger partial charge in [-0.15, -0.1) is 11.8 Å². The minimum Gasteiger partial charge on any atom is -0.480 e. The molecular formula is C10H16N2O3S2. The summed E-state index contributed by atoms with van der Waals surface area (Å²) in [5, 5.41) is 11.8. The van der Waals surface area contributed by atoms with E-state index in [1.807, 2.05) is 6.26 Å².